The maximum absolute atomic E-state index is 9.94. The van der Waals surface area contributed by atoms with Gasteiger partial charge in [0.2, 0.25) is 0 Å². The minimum absolute atomic E-state index is 0. The molecule has 0 saturated carbocycles. The largest absolute Gasteiger partial charge is 0.508 e. The van der Waals surface area contributed by atoms with Crippen molar-refractivity contribution in [3.63, 3.8) is 0 Å². The molecule has 0 amide bonds. The van der Waals surface area contributed by atoms with E-state index in [1.54, 1.807) is 103 Å². The molecular formula is C107H100O8. The zero-order valence-corrected chi connectivity index (χ0v) is 64.3. The number of benzene rings is 16. The van der Waals surface area contributed by atoms with Crippen LogP contribution in [0.15, 0.2) is 400 Å². The lowest BCUT2D eigenvalue weighted by molar-refractivity contribution is 0.469. The summed E-state index contributed by atoms with van der Waals surface area (Å²) in [5.41, 5.74) is 26.1. The van der Waals surface area contributed by atoms with Gasteiger partial charge in [-0.1, -0.05) is 343 Å². The minimum atomic E-state index is 0. The van der Waals surface area contributed by atoms with E-state index >= 15 is 0 Å². The van der Waals surface area contributed by atoms with E-state index in [-0.39, 0.29) is 7.43 Å². The SMILES string of the molecule is C.CCc1ccc(-c2ccc(CC)cc2)cc1.Oc1ccc(Cc2ccc(-c3ccc(Cc4ccc(O)cc4)cc3)cc2)cc1.Oc1ccc(Cc2ccc(-c3ccc(Cc4ccccc4O)cc3)cc2)cc1.Oc1ccccc1.Oc1ccccc1.Oc1ccccc1Cc1ccc(-c2ccc(Cc3ccccc3O)cc2)cc1. The van der Waals surface area contributed by atoms with E-state index in [0.29, 0.717) is 58.8 Å². The van der Waals surface area contributed by atoms with Crippen LogP contribution in [0.25, 0.3) is 44.5 Å². The smallest absolute Gasteiger partial charge is 0.119 e. The lowest BCUT2D eigenvalue weighted by Gasteiger charge is -2.08. The highest BCUT2D eigenvalue weighted by Crippen LogP contribution is 2.30. The first-order valence-electron chi connectivity index (χ1n) is 38.5. The fourth-order valence-electron chi connectivity index (χ4n) is 12.8. The van der Waals surface area contributed by atoms with Crippen LogP contribution in [0, 0.1) is 0 Å². The number of aryl methyl sites for hydroxylation is 2. The molecule has 8 heteroatoms. The third-order valence-electron chi connectivity index (χ3n) is 19.5. The van der Waals surface area contributed by atoms with Crippen LogP contribution in [0.1, 0.15) is 99.2 Å². The second-order valence-corrected chi connectivity index (χ2v) is 27.9. The lowest BCUT2D eigenvalue weighted by atomic mass is 9.98. The van der Waals surface area contributed by atoms with E-state index in [1.165, 1.54) is 94.6 Å². The van der Waals surface area contributed by atoms with Crippen molar-refractivity contribution in [2.75, 3.05) is 0 Å². The van der Waals surface area contributed by atoms with Gasteiger partial charge in [-0.05, 0) is 233 Å². The van der Waals surface area contributed by atoms with Gasteiger partial charge in [-0.3, -0.25) is 0 Å². The summed E-state index contributed by atoms with van der Waals surface area (Å²) in [6.45, 7) is 4.37. The molecule has 0 spiro atoms. The van der Waals surface area contributed by atoms with Gasteiger partial charge in [0.15, 0.2) is 0 Å². The van der Waals surface area contributed by atoms with Gasteiger partial charge in [0, 0.05) is 19.3 Å². The van der Waals surface area contributed by atoms with Crippen molar-refractivity contribution in [2.24, 2.45) is 0 Å². The monoisotopic (exact) mass is 1510 g/mol. The molecule has 0 aliphatic rings. The molecule has 0 aliphatic heterocycles. The van der Waals surface area contributed by atoms with Gasteiger partial charge in [0.1, 0.15) is 46.0 Å². The highest BCUT2D eigenvalue weighted by atomic mass is 16.3. The van der Waals surface area contributed by atoms with Crippen molar-refractivity contribution < 1.29 is 40.9 Å². The minimum Gasteiger partial charge on any atom is -0.508 e. The van der Waals surface area contributed by atoms with Crippen LogP contribution in [0.3, 0.4) is 0 Å². The Kier molecular flexibility index (Phi) is 31.5. The van der Waals surface area contributed by atoms with Crippen molar-refractivity contribution >= 4 is 0 Å². The first kappa shape index (κ1) is 83.4. The summed E-state index contributed by atoms with van der Waals surface area (Å²) in [5, 5.41) is 75.2. The second-order valence-electron chi connectivity index (χ2n) is 27.9. The molecule has 115 heavy (non-hydrogen) atoms. The van der Waals surface area contributed by atoms with Crippen LogP contribution in [-0.4, -0.2) is 40.9 Å². The Hall–Kier alpha value is -14.1. The summed E-state index contributed by atoms with van der Waals surface area (Å²) in [5.74, 6) is 2.56. The molecule has 0 atom stereocenters. The Morgan fingerprint density at radius 3 is 0.461 bits per heavy atom. The van der Waals surface area contributed by atoms with Gasteiger partial charge in [-0.2, -0.15) is 0 Å². The topological polar surface area (TPSA) is 162 Å². The number of hydrogen-bond donors (Lipinski definition) is 8. The van der Waals surface area contributed by atoms with Gasteiger partial charge in [-0.25, -0.2) is 0 Å². The molecule has 0 aliphatic carbocycles. The van der Waals surface area contributed by atoms with Crippen molar-refractivity contribution in [3.05, 3.63) is 478 Å². The second kappa shape index (κ2) is 43.5. The van der Waals surface area contributed by atoms with Crippen molar-refractivity contribution in [3.8, 4) is 90.5 Å². The number of aromatic hydroxyl groups is 8. The molecule has 8 N–H and O–H groups in total. The maximum Gasteiger partial charge on any atom is 0.119 e. The molecule has 0 unspecified atom stereocenters. The van der Waals surface area contributed by atoms with Crippen LogP contribution < -0.4 is 0 Å². The highest BCUT2D eigenvalue weighted by Gasteiger charge is 2.10. The van der Waals surface area contributed by atoms with E-state index in [1.807, 2.05) is 103 Å². The molecule has 0 saturated heterocycles. The van der Waals surface area contributed by atoms with E-state index in [2.05, 4.69) is 208 Å². The lowest BCUT2D eigenvalue weighted by Crippen LogP contribution is -1.90. The van der Waals surface area contributed by atoms with Crippen LogP contribution in [0.4, 0.5) is 0 Å². The Bertz CT molecular complexity index is 5220. The molecule has 0 bridgehead atoms. The Balaban J connectivity index is 0.000000154. The normalized spacial score (nSPS) is 10.3. The molecule has 0 radical (unpaired) electrons. The summed E-state index contributed by atoms with van der Waals surface area (Å²) in [7, 11) is 0. The first-order valence-corrected chi connectivity index (χ1v) is 38.5. The van der Waals surface area contributed by atoms with Gasteiger partial charge in [0.05, 0.1) is 0 Å². The van der Waals surface area contributed by atoms with Gasteiger partial charge < -0.3 is 40.9 Å². The third-order valence-corrected chi connectivity index (χ3v) is 19.5. The van der Waals surface area contributed by atoms with Crippen LogP contribution in [-0.2, 0) is 51.4 Å². The Morgan fingerprint density at radius 2 is 0.296 bits per heavy atom. The molecule has 0 aromatic heterocycles. The van der Waals surface area contributed by atoms with Gasteiger partial charge >= 0.3 is 0 Å². The van der Waals surface area contributed by atoms with E-state index in [9.17, 15) is 30.6 Å². The summed E-state index contributed by atoms with van der Waals surface area (Å²) < 4.78 is 0. The molecule has 8 nitrogen and oxygen atoms in total. The average molecular weight is 1510 g/mol. The van der Waals surface area contributed by atoms with E-state index < -0.39 is 0 Å². The summed E-state index contributed by atoms with van der Waals surface area (Å²) >= 11 is 0. The molecular weight excluding hydrogens is 1410 g/mol. The average Bonchev–Trinajstić information content (AvgIpc) is 0.847. The van der Waals surface area contributed by atoms with Crippen LogP contribution >= 0.6 is 0 Å². The molecule has 16 aromatic rings. The first-order chi connectivity index (χ1) is 55.6. The maximum atomic E-state index is 9.94. The van der Waals surface area contributed by atoms with Gasteiger partial charge in [0.25, 0.3) is 0 Å². The zero-order chi connectivity index (χ0) is 79.6. The number of rotatable bonds is 18. The molecule has 16 rings (SSSR count). The quantitative estimate of drug-likeness (QED) is 0.0421. The molecule has 576 valence electrons. The Morgan fingerprint density at radius 1 is 0.148 bits per heavy atom. The zero-order valence-electron chi connectivity index (χ0n) is 64.3. The predicted octanol–water partition coefficient (Wildman–Crippen LogP) is 25.7. The molecule has 0 heterocycles. The van der Waals surface area contributed by atoms with Crippen molar-refractivity contribution in [1.29, 1.82) is 0 Å². The van der Waals surface area contributed by atoms with Crippen LogP contribution in [0.2, 0.25) is 0 Å². The van der Waals surface area contributed by atoms with E-state index in [4.69, 9.17) is 10.2 Å². The molecule has 16 aromatic carbocycles. The van der Waals surface area contributed by atoms with Crippen molar-refractivity contribution in [2.45, 2.75) is 72.6 Å². The Labute approximate surface area is 678 Å². The van der Waals surface area contributed by atoms with Crippen LogP contribution in [0.5, 0.6) is 46.0 Å². The summed E-state index contributed by atoms with van der Waals surface area (Å²) in [6, 6.07) is 131. The number of para-hydroxylation sites is 5. The number of hydrogen-bond acceptors (Lipinski definition) is 8. The number of phenolic OH excluding ortho intramolecular Hbond substituents is 8. The fraction of sp³-hybridized carbons (Fsp3) is 0.103. The van der Waals surface area contributed by atoms with E-state index in [0.717, 1.165) is 66.3 Å². The molecule has 0 fully saturated rings. The van der Waals surface area contributed by atoms with Gasteiger partial charge in [-0.15, -0.1) is 0 Å². The number of phenols is 8. The summed E-state index contributed by atoms with van der Waals surface area (Å²) in [6.07, 6.45) is 6.92. The fourth-order valence-corrected chi connectivity index (χ4v) is 12.8. The standard InChI is InChI=1S/3C26H22O2.C16H18.2C6H6O.CH4/c27-25-13-5-21(6-14-25)17-19-1-9-23(10-2-19)24-11-3-20(4-12-24)18-22-7-15-26(28)16-8-22;27-25-7-3-1-5-23(25)17-19-9-13-21(14-10-19)22-15-11-20(12-16-22)18-24-6-2-4-8-26(24)28;27-25-15-9-20(10-16-25)17-19-5-11-22(12-6-19)23-13-7-21(8-14-23)18-24-3-1-2-4-26(24)28;1-3-13-5-9-15(10-6-13)16-11-7-14(4-2)8-12-16;2*7-6-4-2-1-3-5-6;/h3*1-16,27-28H,17-18H2;5-12H,3-4H2,1-2H3;2*1-5,7H;1H4. The highest BCUT2D eigenvalue weighted by molar-refractivity contribution is 5.68. The third kappa shape index (κ3) is 26.8. The summed E-state index contributed by atoms with van der Waals surface area (Å²) in [4.78, 5) is 0. The predicted molar refractivity (Wildman–Crippen MR) is 475 cm³/mol. The van der Waals surface area contributed by atoms with Crippen molar-refractivity contribution in [1.82, 2.24) is 0 Å².